The van der Waals surface area contributed by atoms with Crippen LogP contribution in [0.5, 0.6) is 0 Å². The summed E-state index contributed by atoms with van der Waals surface area (Å²) in [5.41, 5.74) is 2.83. The molecule has 20 heavy (non-hydrogen) atoms. The van der Waals surface area contributed by atoms with Crippen LogP contribution >= 0.6 is 12.2 Å². The lowest BCUT2D eigenvalue weighted by atomic mass is 10.1. The molecule has 0 unspecified atom stereocenters. The Labute approximate surface area is 123 Å². The molecule has 2 rings (SSSR count). The topological polar surface area (TPSA) is 54.0 Å². The molecule has 0 aliphatic carbocycles. The van der Waals surface area contributed by atoms with Crippen LogP contribution in [0.25, 0.3) is 0 Å². The van der Waals surface area contributed by atoms with Crippen molar-refractivity contribution in [2.45, 2.75) is 13.8 Å². The maximum Gasteiger partial charge on any atom is 0.283 e. The Hall–Kier alpha value is -2.27. The highest BCUT2D eigenvalue weighted by molar-refractivity contribution is 7.82. The van der Waals surface area contributed by atoms with Crippen LogP contribution < -0.4 is 10.6 Å². The maximum absolute atomic E-state index is 12.0. The molecule has 2 N–H and O–H groups in total. The summed E-state index contributed by atoms with van der Waals surface area (Å²) < 4.78 is 0. The van der Waals surface area contributed by atoms with Crippen molar-refractivity contribution in [2.75, 3.05) is 10.6 Å². The minimum atomic E-state index is -0.348. The fourth-order valence-corrected chi connectivity index (χ4v) is 1.81. The standard InChI is InChI=1S/C15H15N3OS/c1-10-6-7-11(2)12(9-10)17-14(19)15(20)18-13-5-3-4-8-16-13/h3-9H,1-2H3,(H,17,19)(H,16,18,20). The van der Waals surface area contributed by atoms with Gasteiger partial charge in [0.1, 0.15) is 5.82 Å². The SMILES string of the molecule is Cc1ccc(C)c(NC(=O)C(=S)Nc2ccccn2)c1. The molecule has 0 radical (unpaired) electrons. The summed E-state index contributed by atoms with van der Waals surface area (Å²) in [6.45, 7) is 3.91. The Morgan fingerprint density at radius 3 is 2.65 bits per heavy atom. The smallest absolute Gasteiger partial charge is 0.283 e. The minimum Gasteiger partial charge on any atom is -0.327 e. The van der Waals surface area contributed by atoms with E-state index >= 15 is 0 Å². The van der Waals surface area contributed by atoms with E-state index in [-0.39, 0.29) is 10.9 Å². The van der Waals surface area contributed by atoms with Crippen molar-refractivity contribution in [1.29, 1.82) is 0 Å². The lowest BCUT2D eigenvalue weighted by molar-refractivity contribution is -0.110. The highest BCUT2D eigenvalue weighted by atomic mass is 32.1. The van der Waals surface area contributed by atoms with E-state index in [1.165, 1.54) is 0 Å². The van der Waals surface area contributed by atoms with Gasteiger partial charge in [0.2, 0.25) is 0 Å². The number of carbonyl (C=O) groups is 1. The summed E-state index contributed by atoms with van der Waals surface area (Å²) in [5.74, 6) is 0.202. The van der Waals surface area contributed by atoms with Gasteiger partial charge in [0.15, 0.2) is 4.99 Å². The first-order valence-corrected chi connectivity index (χ1v) is 6.58. The molecule has 4 nitrogen and oxygen atoms in total. The second kappa shape index (κ2) is 6.25. The minimum absolute atomic E-state index is 0.0876. The molecule has 0 saturated heterocycles. The van der Waals surface area contributed by atoms with Gasteiger partial charge < -0.3 is 10.6 Å². The number of thiocarbonyl (C=S) groups is 1. The Morgan fingerprint density at radius 1 is 1.15 bits per heavy atom. The van der Waals surface area contributed by atoms with Gasteiger partial charge in [-0.2, -0.15) is 0 Å². The summed E-state index contributed by atoms with van der Waals surface area (Å²) in [6, 6.07) is 11.2. The average molecular weight is 285 g/mol. The molecule has 0 atom stereocenters. The third-order valence-corrected chi connectivity index (χ3v) is 3.04. The highest BCUT2D eigenvalue weighted by Crippen LogP contribution is 2.16. The molecule has 1 aromatic heterocycles. The largest absolute Gasteiger partial charge is 0.327 e. The van der Waals surface area contributed by atoms with Crippen molar-refractivity contribution in [3.8, 4) is 0 Å². The number of nitrogens with one attached hydrogen (secondary N) is 2. The average Bonchev–Trinajstić information content (AvgIpc) is 2.44. The number of hydrogen-bond acceptors (Lipinski definition) is 3. The first-order valence-electron chi connectivity index (χ1n) is 6.17. The molecule has 0 bridgehead atoms. The predicted octanol–water partition coefficient (Wildman–Crippen LogP) is 3.08. The first-order chi connectivity index (χ1) is 9.56. The summed E-state index contributed by atoms with van der Waals surface area (Å²) in [5, 5.41) is 5.60. The van der Waals surface area contributed by atoms with Crippen molar-refractivity contribution in [3.05, 3.63) is 53.7 Å². The molecule has 102 valence electrons. The second-order valence-electron chi connectivity index (χ2n) is 4.44. The number of nitrogens with zero attached hydrogens (tertiary/aromatic N) is 1. The van der Waals surface area contributed by atoms with E-state index in [1.54, 1.807) is 18.3 Å². The Bertz CT molecular complexity index is 641. The van der Waals surface area contributed by atoms with E-state index < -0.39 is 0 Å². The van der Waals surface area contributed by atoms with E-state index in [0.29, 0.717) is 5.82 Å². The van der Waals surface area contributed by atoms with Gasteiger partial charge in [0.05, 0.1) is 0 Å². The van der Waals surface area contributed by atoms with Gasteiger partial charge in [0.25, 0.3) is 5.91 Å². The van der Waals surface area contributed by atoms with Crippen molar-refractivity contribution < 1.29 is 4.79 Å². The maximum atomic E-state index is 12.0. The van der Waals surface area contributed by atoms with Gasteiger partial charge >= 0.3 is 0 Å². The third kappa shape index (κ3) is 3.61. The Morgan fingerprint density at radius 2 is 1.95 bits per heavy atom. The number of hydrogen-bond donors (Lipinski definition) is 2. The number of aromatic nitrogens is 1. The number of anilines is 2. The molecular formula is C15H15N3OS. The summed E-state index contributed by atoms with van der Waals surface area (Å²) in [6.07, 6.45) is 1.63. The second-order valence-corrected chi connectivity index (χ2v) is 4.85. The van der Waals surface area contributed by atoms with E-state index in [1.807, 2.05) is 38.1 Å². The van der Waals surface area contributed by atoms with Gasteiger partial charge in [-0.3, -0.25) is 4.79 Å². The highest BCUT2D eigenvalue weighted by Gasteiger charge is 2.11. The first kappa shape index (κ1) is 14.1. The van der Waals surface area contributed by atoms with Crippen LogP contribution in [0.15, 0.2) is 42.6 Å². The number of rotatable bonds is 2. The zero-order valence-corrected chi connectivity index (χ0v) is 12.1. The van der Waals surface area contributed by atoms with Gasteiger partial charge in [-0.1, -0.05) is 30.4 Å². The Kier molecular flexibility index (Phi) is 4.42. The zero-order chi connectivity index (χ0) is 14.5. The lowest BCUT2D eigenvalue weighted by Crippen LogP contribution is -2.28. The lowest BCUT2D eigenvalue weighted by Gasteiger charge is -2.10. The molecular weight excluding hydrogens is 270 g/mol. The van der Waals surface area contributed by atoms with Crippen molar-refractivity contribution in [1.82, 2.24) is 4.98 Å². The van der Waals surface area contributed by atoms with Gasteiger partial charge in [-0.05, 0) is 43.2 Å². The quantitative estimate of drug-likeness (QED) is 0.833. The molecule has 1 aromatic carbocycles. The molecule has 5 heteroatoms. The molecule has 0 fully saturated rings. The van der Waals surface area contributed by atoms with Crippen LogP contribution in [0.2, 0.25) is 0 Å². The summed E-state index contributed by atoms with van der Waals surface area (Å²) in [7, 11) is 0. The number of amides is 1. The number of aryl methyl sites for hydroxylation is 2. The van der Waals surface area contributed by atoms with E-state index in [9.17, 15) is 4.79 Å². The predicted molar refractivity (Wildman–Crippen MR) is 85.0 cm³/mol. The van der Waals surface area contributed by atoms with Crippen LogP contribution in [0, 0.1) is 13.8 Å². The number of benzene rings is 1. The molecule has 0 spiro atoms. The fourth-order valence-electron chi connectivity index (χ4n) is 1.66. The number of pyridine rings is 1. The van der Waals surface area contributed by atoms with Crippen LogP contribution in [-0.2, 0) is 4.79 Å². The molecule has 2 aromatic rings. The van der Waals surface area contributed by atoms with Crippen LogP contribution in [0.4, 0.5) is 11.5 Å². The normalized spacial score (nSPS) is 9.90. The number of carbonyl (C=O) groups excluding carboxylic acids is 1. The van der Waals surface area contributed by atoms with Crippen molar-refractivity contribution in [3.63, 3.8) is 0 Å². The summed E-state index contributed by atoms with van der Waals surface area (Å²) in [4.78, 5) is 16.2. The third-order valence-electron chi connectivity index (χ3n) is 2.75. The van der Waals surface area contributed by atoms with E-state index in [0.717, 1.165) is 16.8 Å². The molecule has 0 aliphatic rings. The molecule has 0 aliphatic heterocycles. The van der Waals surface area contributed by atoms with Crippen LogP contribution in [-0.4, -0.2) is 15.9 Å². The van der Waals surface area contributed by atoms with Gasteiger partial charge in [0, 0.05) is 11.9 Å². The van der Waals surface area contributed by atoms with Crippen molar-refractivity contribution in [2.24, 2.45) is 0 Å². The van der Waals surface area contributed by atoms with Crippen LogP contribution in [0.1, 0.15) is 11.1 Å². The zero-order valence-electron chi connectivity index (χ0n) is 11.3. The van der Waals surface area contributed by atoms with Gasteiger partial charge in [-0.25, -0.2) is 4.98 Å². The molecule has 1 heterocycles. The fraction of sp³-hybridized carbons (Fsp3) is 0.133. The van der Waals surface area contributed by atoms with Crippen molar-refractivity contribution >= 4 is 34.6 Å². The molecule has 0 saturated carbocycles. The Balaban J connectivity index is 2.04. The van der Waals surface area contributed by atoms with Crippen LogP contribution in [0.3, 0.4) is 0 Å². The monoisotopic (exact) mass is 285 g/mol. The van der Waals surface area contributed by atoms with E-state index in [4.69, 9.17) is 12.2 Å². The van der Waals surface area contributed by atoms with E-state index in [2.05, 4.69) is 15.6 Å². The molecule has 1 amide bonds. The summed E-state index contributed by atoms with van der Waals surface area (Å²) >= 11 is 5.07. The van der Waals surface area contributed by atoms with Gasteiger partial charge in [-0.15, -0.1) is 0 Å².